The molecule has 168 valence electrons. The lowest BCUT2D eigenvalue weighted by atomic mass is 9.84. The van der Waals surface area contributed by atoms with Gasteiger partial charge in [0.1, 0.15) is 5.82 Å². The molecule has 0 atom stereocenters. The van der Waals surface area contributed by atoms with Gasteiger partial charge in [0, 0.05) is 24.6 Å². The summed E-state index contributed by atoms with van der Waals surface area (Å²) in [6.45, 7) is 0.440. The Morgan fingerprint density at radius 2 is 1.81 bits per heavy atom. The maximum atomic E-state index is 13.6. The van der Waals surface area contributed by atoms with E-state index in [0.717, 1.165) is 25.7 Å². The Kier molecular flexibility index (Phi) is 6.05. The Hall–Kier alpha value is -2.42. The summed E-state index contributed by atoms with van der Waals surface area (Å²) in [5.74, 6) is -0.166. The number of aromatic nitrogens is 2. The van der Waals surface area contributed by atoms with Gasteiger partial charge >= 0.3 is 6.18 Å². The molecule has 2 N–H and O–H groups in total. The largest absolute Gasteiger partial charge is 0.435 e. The summed E-state index contributed by atoms with van der Waals surface area (Å²) in [5, 5.41) is 3.84. The number of benzene rings is 1. The smallest absolute Gasteiger partial charge is 0.336 e. The molecule has 1 saturated carbocycles. The van der Waals surface area contributed by atoms with Gasteiger partial charge in [0.15, 0.2) is 5.69 Å². The van der Waals surface area contributed by atoms with Crippen LogP contribution >= 0.6 is 0 Å². The van der Waals surface area contributed by atoms with E-state index in [9.17, 15) is 22.4 Å². The third-order valence-corrected chi connectivity index (χ3v) is 6.36. The molecule has 1 aliphatic carbocycles. The highest BCUT2D eigenvalue weighted by molar-refractivity contribution is 5.76. The number of alkyl halides is 3. The highest BCUT2D eigenvalue weighted by Gasteiger charge is 2.41. The first-order valence-electron chi connectivity index (χ1n) is 10.6. The molecule has 1 aliphatic heterocycles. The zero-order valence-electron chi connectivity index (χ0n) is 17.2. The van der Waals surface area contributed by atoms with Crippen molar-refractivity contribution in [1.82, 2.24) is 14.7 Å². The number of fused-ring (bicyclic) bond motifs is 1. The lowest BCUT2D eigenvalue weighted by molar-refractivity contribution is -0.142. The molecular weight excluding hydrogens is 412 g/mol. The van der Waals surface area contributed by atoms with Crippen molar-refractivity contribution in [3.05, 3.63) is 52.6 Å². The number of amides is 1. The van der Waals surface area contributed by atoms with Crippen molar-refractivity contribution in [3.8, 4) is 0 Å². The normalized spacial score (nSPS) is 21.8. The number of carbonyl (C=O) groups is 1. The number of rotatable bonds is 4. The van der Waals surface area contributed by atoms with E-state index >= 15 is 0 Å². The van der Waals surface area contributed by atoms with Gasteiger partial charge in [-0.05, 0) is 55.7 Å². The van der Waals surface area contributed by atoms with Gasteiger partial charge in [0.2, 0.25) is 5.91 Å². The Morgan fingerprint density at radius 1 is 1.13 bits per heavy atom. The fraction of sp³-hybridized carbons (Fsp3) is 0.545. The molecule has 9 heteroatoms. The van der Waals surface area contributed by atoms with Crippen molar-refractivity contribution >= 4 is 5.91 Å². The van der Waals surface area contributed by atoms with E-state index in [1.54, 1.807) is 4.90 Å². The first kappa shape index (κ1) is 21.8. The van der Waals surface area contributed by atoms with Crippen LogP contribution < -0.4 is 5.73 Å². The van der Waals surface area contributed by atoms with Gasteiger partial charge in [-0.3, -0.25) is 9.48 Å². The summed E-state index contributed by atoms with van der Waals surface area (Å²) in [7, 11) is 0. The fourth-order valence-electron chi connectivity index (χ4n) is 4.58. The van der Waals surface area contributed by atoms with Crippen molar-refractivity contribution in [2.24, 2.45) is 11.7 Å². The number of nitrogens with zero attached hydrogens (tertiary/aromatic N) is 3. The van der Waals surface area contributed by atoms with Crippen molar-refractivity contribution in [2.75, 3.05) is 6.54 Å². The summed E-state index contributed by atoms with van der Waals surface area (Å²) < 4.78 is 55.2. The van der Waals surface area contributed by atoms with E-state index in [-0.39, 0.29) is 49.5 Å². The van der Waals surface area contributed by atoms with Gasteiger partial charge in [-0.2, -0.15) is 18.3 Å². The Bertz CT molecular complexity index is 930. The van der Waals surface area contributed by atoms with Crippen LogP contribution in [0.5, 0.6) is 0 Å². The minimum atomic E-state index is -4.56. The molecule has 1 aromatic carbocycles. The van der Waals surface area contributed by atoms with Crippen LogP contribution in [0.25, 0.3) is 0 Å². The van der Waals surface area contributed by atoms with Gasteiger partial charge in [0.05, 0.1) is 18.8 Å². The average Bonchev–Trinajstić information content (AvgIpc) is 3.09. The minimum Gasteiger partial charge on any atom is -0.336 e. The van der Waals surface area contributed by atoms with Crippen molar-refractivity contribution < 1.29 is 22.4 Å². The lowest BCUT2D eigenvalue weighted by Crippen LogP contribution is -2.38. The summed E-state index contributed by atoms with van der Waals surface area (Å²) in [6.07, 6.45) is -0.414. The van der Waals surface area contributed by atoms with E-state index in [4.69, 9.17) is 5.73 Å². The third-order valence-electron chi connectivity index (χ3n) is 6.36. The molecule has 0 radical (unpaired) electrons. The molecule has 1 amide bonds. The fourth-order valence-corrected chi connectivity index (χ4v) is 4.58. The maximum Gasteiger partial charge on any atom is 0.435 e. The molecule has 2 aromatic rings. The number of nitrogens with two attached hydrogens (primary N) is 1. The Labute approximate surface area is 178 Å². The minimum absolute atomic E-state index is 0.0331. The summed E-state index contributed by atoms with van der Waals surface area (Å²) in [5.41, 5.74) is 6.24. The second-order valence-corrected chi connectivity index (χ2v) is 8.61. The monoisotopic (exact) mass is 438 g/mol. The van der Waals surface area contributed by atoms with Gasteiger partial charge in [-0.1, -0.05) is 12.1 Å². The third kappa shape index (κ3) is 4.92. The molecule has 0 bridgehead atoms. The van der Waals surface area contributed by atoms with Gasteiger partial charge < -0.3 is 10.6 Å². The van der Waals surface area contributed by atoms with Crippen molar-refractivity contribution in [1.29, 1.82) is 0 Å². The molecule has 4 rings (SSSR count). The van der Waals surface area contributed by atoms with Gasteiger partial charge in [0.25, 0.3) is 0 Å². The first-order valence-corrected chi connectivity index (χ1v) is 10.6. The van der Waals surface area contributed by atoms with E-state index in [1.807, 2.05) is 0 Å². The van der Waals surface area contributed by atoms with E-state index < -0.39 is 17.7 Å². The topological polar surface area (TPSA) is 64.2 Å². The highest BCUT2D eigenvalue weighted by Crippen LogP contribution is 2.36. The predicted molar refractivity (Wildman–Crippen MR) is 106 cm³/mol. The van der Waals surface area contributed by atoms with Crippen LogP contribution in [0.4, 0.5) is 17.6 Å². The van der Waals surface area contributed by atoms with Crippen LogP contribution in [-0.2, 0) is 30.5 Å². The second-order valence-electron chi connectivity index (χ2n) is 8.61. The molecular formula is C22H26F4N4O. The molecule has 5 nitrogen and oxygen atoms in total. The molecule has 1 aromatic heterocycles. The van der Waals surface area contributed by atoms with Crippen LogP contribution in [-0.4, -0.2) is 33.2 Å². The molecule has 1 fully saturated rings. The van der Waals surface area contributed by atoms with E-state index in [0.29, 0.717) is 17.7 Å². The number of carbonyl (C=O) groups excluding carboxylic acids is 1. The SMILES string of the molecule is N[C@H]1CC[C@H](CC(=O)N2CCc3c(C(F)(F)F)nn(Cc4ccc(F)cc4)c3C2)CC1. The van der Waals surface area contributed by atoms with Crippen LogP contribution in [0.3, 0.4) is 0 Å². The summed E-state index contributed by atoms with van der Waals surface area (Å²) in [6, 6.07) is 5.78. The zero-order chi connectivity index (χ0) is 22.2. The number of hydrogen-bond acceptors (Lipinski definition) is 3. The van der Waals surface area contributed by atoms with Gasteiger partial charge in [-0.15, -0.1) is 0 Å². The molecule has 2 heterocycles. The van der Waals surface area contributed by atoms with Gasteiger partial charge in [-0.25, -0.2) is 4.39 Å². The summed E-state index contributed by atoms with van der Waals surface area (Å²) in [4.78, 5) is 14.5. The second kappa shape index (κ2) is 8.61. The zero-order valence-corrected chi connectivity index (χ0v) is 17.2. The Balaban J connectivity index is 1.54. The molecule has 0 saturated heterocycles. The van der Waals surface area contributed by atoms with Crippen molar-refractivity contribution in [3.63, 3.8) is 0 Å². The predicted octanol–water partition coefficient (Wildman–Crippen LogP) is 3.88. The molecule has 0 unspecified atom stereocenters. The molecule has 31 heavy (non-hydrogen) atoms. The van der Waals surface area contributed by atoms with E-state index in [2.05, 4.69) is 5.10 Å². The lowest BCUT2D eigenvalue weighted by Gasteiger charge is -2.31. The molecule has 2 aliphatic rings. The maximum absolute atomic E-state index is 13.6. The van der Waals surface area contributed by atoms with Crippen molar-refractivity contribution in [2.45, 2.75) is 63.8 Å². The summed E-state index contributed by atoms with van der Waals surface area (Å²) >= 11 is 0. The standard InChI is InChI=1S/C22H26F4N4O/c23-16-5-1-15(2-6-16)12-30-19-13-29(10-9-18(19)21(28-30)22(24,25)26)20(31)11-14-3-7-17(27)8-4-14/h1-2,5-6,14,17H,3-4,7-13,27H2/t14-,17-. The van der Waals surface area contributed by atoms with Crippen LogP contribution in [0.2, 0.25) is 0 Å². The molecule has 0 spiro atoms. The number of halogens is 4. The van der Waals surface area contributed by atoms with E-state index in [1.165, 1.54) is 28.9 Å². The van der Waals surface area contributed by atoms with Crippen LogP contribution in [0.15, 0.2) is 24.3 Å². The van der Waals surface area contributed by atoms with Crippen LogP contribution in [0.1, 0.15) is 54.6 Å². The van der Waals surface area contributed by atoms with Crippen LogP contribution in [0, 0.1) is 11.7 Å². The average molecular weight is 438 g/mol. The number of hydrogen-bond donors (Lipinski definition) is 1. The Morgan fingerprint density at radius 3 is 2.45 bits per heavy atom. The first-order chi connectivity index (χ1) is 14.7. The highest BCUT2D eigenvalue weighted by atomic mass is 19.4. The quantitative estimate of drug-likeness (QED) is 0.737.